The van der Waals surface area contributed by atoms with Gasteiger partial charge in [0.1, 0.15) is 29.7 Å². The molecule has 0 unspecified atom stereocenters. The van der Waals surface area contributed by atoms with Gasteiger partial charge in [-0.3, -0.25) is 19.5 Å². The number of pyridine rings is 1. The summed E-state index contributed by atoms with van der Waals surface area (Å²) in [6.45, 7) is 0.319. The van der Waals surface area contributed by atoms with Gasteiger partial charge in [-0.25, -0.2) is 13.8 Å². The van der Waals surface area contributed by atoms with Crippen LogP contribution in [-0.4, -0.2) is 72.5 Å². The van der Waals surface area contributed by atoms with Crippen LogP contribution in [0, 0.1) is 11.6 Å². The van der Waals surface area contributed by atoms with E-state index in [1.165, 1.54) is 54.9 Å². The molecule has 0 bridgehead atoms. The van der Waals surface area contributed by atoms with E-state index in [4.69, 9.17) is 14.6 Å². The average Bonchev–Trinajstić information content (AvgIpc) is 3.46. The van der Waals surface area contributed by atoms with Gasteiger partial charge in [0.15, 0.2) is 23.0 Å². The van der Waals surface area contributed by atoms with Gasteiger partial charge in [0.05, 0.1) is 11.3 Å². The number of aliphatic hydroxyl groups excluding tert-OH is 1. The number of halogens is 2. The van der Waals surface area contributed by atoms with Crippen molar-refractivity contribution in [3.8, 4) is 23.1 Å². The van der Waals surface area contributed by atoms with Crippen molar-refractivity contribution in [1.29, 1.82) is 0 Å². The van der Waals surface area contributed by atoms with Crippen LogP contribution in [0.2, 0.25) is 0 Å². The van der Waals surface area contributed by atoms with Crippen LogP contribution in [0.1, 0.15) is 28.8 Å². The monoisotopic (exact) mass is 616 g/mol. The number of fused-ring (bicyclic) bond motifs is 1. The topological polar surface area (TPSA) is 153 Å². The minimum atomic E-state index is -0.740. The summed E-state index contributed by atoms with van der Waals surface area (Å²) in [6.07, 6.45) is 3.32. The van der Waals surface area contributed by atoms with Crippen molar-refractivity contribution >= 4 is 22.7 Å². The molecular formula is C31H26F2N6O6. The zero-order valence-electron chi connectivity index (χ0n) is 23.7. The normalized spacial score (nSPS) is 13.6. The van der Waals surface area contributed by atoms with Crippen molar-refractivity contribution in [2.75, 3.05) is 19.7 Å². The lowest BCUT2D eigenvalue weighted by Crippen LogP contribution is -2.42. The highest BCUT2D eigenvalue weighted by Crippen LogP contribution is 2.36. The standard InChI is InChI=1S/C31H26F2N6O6/c32-19-2-4-20(5-3-19)39-31(43)22(7-12-35-39)24(41)16-18-1-6-25(23(33)15-18)45-26-8-11-34-29-28(26)30(37-36-29)44-21-9-13-38(14-10-21)27(42)17-40/h1-8,11-12,15,21,40H,9-10,13-14,16-17H2,(H,34,36,37). The number of benzene rings is 2. The molecule has 12 nitrogen and oxygen atoms in total. The molecule has 2 N–H and O–H groups in total. The molecule has 3 aromatic heterocycles. The maximum atomic E-state index is 15.3. The highest BCUT2D eigenvalue weighted by atomic mass is 19.1. The Morgan fingerprint density at radius 2 is 1.78 bits per heavy atom. The van der Waals surface area contributed by atoms with Gasteiger partial charge in [0, 0.05) is 50.8 Å². The molecule has 0 saturated carbocycles. The van der Waals surface area contributed by atoms with Crippen LogP contribution in [0.15, 0.2) is 71.8 Å². The van der Waals surface area contributed by atoms with E-state index in [-0.39, 0.29) is 41.4 Å². The van der Waals surface area contributed by atoms with Gasteiger partial charge in [-0.15, -0.1) is 5.10 Å². The van der Waals surface area contributed by atoms with Crippen LogP contribution in [-0.2, 0) is 11.2 Å². The summed E-state index contributed by atoms with van der Waals surface area (Å²) < 4.78 is 41.5. The number of nitrogens with one attached hydrogen (secondary N) is 1. The lowest BCUT2D eigenvalue weighted by Gasteiger charge is -2.31. The Balaban J connectivity index is 1.17. The Kier molecular flexibility index (Phi) is 8.29. The second-order valence-corrected chi connectivity index (χ2v) is 10.3. The maximum Gasteiger partial charge on any atom is 0.282 e. The number of carbonyl (C=O) groups is 2. The van der Waals surface area contributed by atoms with Crippen molar-refractivity contribution in [3.63, 3.8) is 0 Å². The van der Waals surface area contributed by atoms with Crippen molar-refractivity contribution in [1.82, 2.24) is 29.9 Å². The maximum absolute atomic E-state index is 15.3. The molecule has 1 saturated heterocycles. The third-order valence-electron chi connectivity index (χ3n) is 7.40. The molecule has 0 atom stereocenters. The summed E-state index contributed by atoms with van der Waals surface area (Å²) in [7, 11) is 0. The quantitative estimate of drug-likeness (QED) is 0.238. The molecule has 4 heterocycles. The number of Topliss-reactive ketones (excluding diaryl/α,β-unsaturated/α-hetero) is 1. The number of aliphatic hydroxyl groups is 1. The number of carbonyl (C=O) groups excluding carboxylic acids is 2. The first-order chi connectivity index (χ1) is 21.8. The molecule has 230 valence electrons. The van der Waals surface area contributed by atoms with Gasteiger partial charge in [0.2, 0.25) is 11.8 Å². The molecule has 1 aliphatic heterocycles. The number of rotatable bonds is 9. The lowest BCUT2D eigenvalue weighted by atomic mass is 10.0. The average molecular weight is 617 g/mol. The van der Waals surface area contributed by atoms with Crippen molar-refractivity contribution in [2.24, 2.45) is 0 Å². The van der Waals surface area contributed by atoms with Gasteiger partial charge < -0.3 is 19.5 Å². The number of ketones is 1. The summed E-state index contributed by atoms with van der Waals surface area (Å²) in [4.78, 5) is 43.5. The molecule has 1 aliphatic rings. The Labute approximate surface area is 253 Å². The van der Waals surface area contributed by atoms with E-state index >= 15 is 4.39 Å². The van der Waals surface area contributed by atoms with Crippen LogP contribution >= 0.6 is 0 Å². The van der Waals surface area contributed by atoms with E-state index in [9.17, 15) is 18.8 Å². The van der Waals surface area contributed by atoms with Crippen molar-refractivity contribution in [3.05, 3.63) is 100 Å². The molecular weight excluding hydrogens is 590 g/mol. The largest absolute Gasteiger partial charge is 0.473 e. The Bertz CT molecular complexity index is 1940. The van der Waals surface area contributed by atoms with E-state index in [0.717, 1.165) is 10.7 Å². The Morgan fingerprint density at radius 3 is 2.51 bits per heavy atom. The number of amides is 1. The molecule has 45 heavy (non-hydrogen) atoms. The summed E-state index contributed by atoms with van der Waals surface area (Å²) in [6, 6.07) is 12.0. The molecule has 5 aromatic rings. The number of aromatic amines is 1. The predicted molar refractivity (Wildman–Crippen MR) is 156 cm³/mol. The number of likely N-dealkylation sites (tertiary alicyclic amines) is 1. The number of H-pyrrole nitrogens is 1. The molecule has 2 aromatic carbocycles. The van der Waals surface area contributed by atoms with Gasteiger partial charge in [0.25, 0.3) is 5.56 Å². The van der Waals surface area contributed by atoms with Crippen LogP contribution < -0.4 is 15.0 Å². The van der Waals surface area contributed by atoms with Crippen molar-refractivity contribution < 1.29 is 33.0 Å². The minimum Gasteiger partial charge on any atom is -0.473 e. The van der Waals surface area contributed by atoms with Crippen molar-refractivity contribution in [2.45, 2.75) is 25.4 Å². The molecule has 0 aliphatic carbocycles. The molecule has 1 fully saturated rings. The zero-order chi connectivity index (χ0) is 31.5. The molecule has 14 heteroatoms. The van der Waals surface area contributed by atoms with Gasteiger partial charge in [-0.1, -0.05) is 6.07 Å². The first-order valence-corrected chi connectivity index (χ1v) is 14.0. The number of ether oxygens (including phenoxy) is 2. The van der Waals surface area contributed by atoms with E-state index in [0.29, 0.717) is 48.2 Å². The fourth-order valence-electron chi connectivity index (χ4n) is 5.07. The molecule has 6 rings (SSSR count). The number of nitrogens with zero attached hydrogens (tertiary/aromatic N) is 5. The molecule has 0 spiro atoms. The van der Waals surface area contributed by atoms with E-state index in [2.05, 4.69) is 20.3 Å². The smallest absolute Gasteiger partial charge is 0.282 e. The minimum absolute atomic E-state index is 0.121. The third kappa shape index (κ3) is 6.26. The van der Waals surface area contributed by atoms with E-state index < -0.39 is 29.6 Å². The van der Waals surface area contributed by atoms with E-state index in [1.807, 2.05) is 0 Å². The SMILES string of the molecule is O=C(Cc1ccc(Oc2ccnc3[nH]nc(OC4CCN(C(=O)CO)CC4)c23)c(F)c1)c1ccnn(-c2ccc(F)cc2)c1=O. The second-order valence-electron chi connectivity index (χ2n) is 10.3. The Hall–Kier alpha value is -5.50. The van der Waals surface area contributed by atoms with E-state index in [1.54, 1.807) is 11.0 Å². The third-order valence-corrected chi connectivity index (χ3v) is 7.40. The first kappa shape index (κ1) is 29.6. The van der Waals surface area contributed by atoms with Crippen LogP contribution in [0.3, 0.4) is 0 Å². The van der Waals surface area contributed by atoms with Crippen LogP contribution in [0.25, 0.3) is 16.7 Å². The van der Waals surface area contributed by atoms with Crippen LogP contribution in [0.5, 0.6) is 17.4 Å². The Morgan fingerprint density at radius 1 is 1.00 bits per heavy atom. The second kappa shape index (κ2) is 12.6. The summed E-state index contributed by atoms with van der Waals surface area (Å²) >= 11 is 0. The zero-order valence-corrected chi connectivity index (χ0v) is 23.7. The fraction of sp³-hybridized carbons (Fsp3) is 0.226. The number of aromatic nitrogens is 5. The lowest BCUT2D eigenvalue weighted by molar-refractivity contribution is -0.135. The highest BCUT2D eigenvalue weighted by Gasteiger charge is 2.26. The van der Waals surface area contributed by atoms with Gasteiger partial charge >= 0.3 is 0 Å². The highest BCUT2D eigenvalue weighted by molar-refractivity contribution is 5.97. The summed E-state index contributed by atoms with van der Waals surface area (Å²) in [5.74, 6) is -1.78. The van der Waals surface area contributed by atoms with Gasteiger partial charge in [-0.05, 0) is 48.0 Å². The number of piperidine rings is 1. The number of hydrogen-bond donors (Lipinski definition) is 2. The van der Waals surface area contributed by atoms with Gasteiger partial charge in [-0.2, -0.15) is 9.78 Å². The molecule has 0 radical (unpaired) electrons. The van der Waals surface area contributed by atoms with Crippen LogP contribution in [0.4, 0.5) is 8.78 Å². The summed E-state index contributed by atoms with van der Waals surface area (Å²) in [5.41, 5.74) is 0.139. The molecule has 1 amide bonds. The number of hydrogen-bond acceptors (Lipinski definition) is 9. The predicted octanol–water partition coefficient (Wildman–Crippen LogP) is 3.36. The fourth-order valence-corrected chi connectivity index (χ4v) is 5.07. The summed E-state index contributed by atoms with van der Waals surface area (Å²) in [5, 5.41) is 20.5. The first-order valence-electron chi connectivity index (χ1n) is 14.0.